The van der Waals surface area contributed by atoms with Crippen molar-refractivity contribution in [3.8, 4) is 0 Å². The van der Waals surface area contributed by atoms with Gasteiger partial charge in [-0.1, -0.05) is 13.0 Å². The lowest BCUT2D eigenvalue weighted by molar-refractivity contribution is -0.384. The Morgan fingerprint density at radius 3 is 2.44 bits per heavy atom. The van der Waals surface area contributed by atoms with Crippen LogP contribution < -0.4 is 5.32 Å². The van der Waals surface area contributed by atoms with Crippen LogP contribution in [0.4, 0.5) is 5.69 Å². The molecule has 0 radical (unpaired) electrons. The fourth-order valence-corrected chi connectivity index (χ4v) is 3.28. The van der Waals surface area contributed by atoms with E-state index in [1.807, 2.05) is 26.8 Å². The van der Waals surface area contributed by atoms with Crippen molar-refractivity contribution in [1.82, 2.24) is 10.2 Å². The van der Waals surface area contributed by atoms with Crippen molar-refractivity contribution in [2.24, 2.45) is 5.92 Å². The molecule has 0 bridgehead atoms. The first-order chi connectivity index (χ1) is 11.7. The van der Waals surface area contributed by atoms with E-state index in [4.69, 9.17) is 0 Å². The lowest BCUT2D eigenvalue weighted by Crippen LogP contribution is -2.46. The number of rotatable bonds is 5. The molecule has 0 atom stereocenters. The number of piperidine rings is 1. The minimum absolute atomic E-state index is 0.0613. The number of non-ortho nitro benzene ring substituents is 1. The van der Waals surface area contributed by atoms with E-state index in [0.29, 0.717) is 6.54 Å². The number of nitrogens with one attached hydrogen (secondary N) is 1. The van der Waals surface area contributed by atoms with E-state index in [0.717, 1.165) is 43.5 Å². The maximum atomic E-state index is 12.3. The van der Waals surface area contributed by atoms with Crippen molar-refractivity contribution in [3.63, 3.8) is 0 Å². The van der Waals surface area contributed by atoms with Crippen LogP contribution in [-0.4, -0.2) is 34.4 Å². The molecule has 0 spiro atoms. The number of carbonyl (C=O) groups excluding carboxylic acids is 1. The SMILES string of the molecule is CCc1ccc([N+](=O)[O-])cc1CN1CCC(C(=O)NC(C)(C)C)CC1. The molecule has 138 valence electrons. The van der Waals surface area contributed by atoms with Crippen molar-refractivity contribution in [3.05, 3.63) is 39.4 Å². The van der Waals surface area contributed by atoms with Crippen LogP contribution in [0.3, 0.4) is 0 Å². The normalized spacial score (nSPS) is 16.6. The van der Waals surface area contributed by atoms with E-state index in [1.165, 1.54) is 0 Å². The van der Waals surface area contributed by atoms with Gasteiger partial charge in [0, 0.05) is 30.1 Å². The number of hydrogen-bond acceptors (Lipinski definition) is 4. The van der Waals surface area contributed by atoms with Gasteiger partial charge in [0.2, 0.25) is 5.91 Å². The summed E-state index contributed by atoms with van der Waals surface area (Å²) in [6.07, 6.45) is 2.52. The molecular formula is C19H29N3O3. The molecule has 0 unspecified atom stereocenters. The van der Waals surface area contributed by atoms with Gasteiger partial charge in [0.15, 0.2) is 0 Å². The number of nitrogens with zero attached hydrogens (tertiary/aromatic N) is 2. The molecule has 1 aliphatic heterocycles. The predicted molar refractivity (Wildman–Crippen MR) is 98.4 cm³/mol. The molecule has 1 fully saturated rings. The van der Waals surface area contributed by atoms with Crippen LogP contribution in [0.1, 0.15) is 51.7 Å². The maximum absolute atomic E-state index is 12.3. The summed E-state index contributed by atoms with van der Waals surface area (Å²) in [7, 11) is 0. The van der Waals surface area contributed by atoms with Gasteiger partial charge in [0.25, 0.3) is 5.69 Å². The number of aryl methyl sites for hydroxylation is 1. The molecule has 1 heterocycles. The summed E-state index contributed by atoms with van der Waals surface area (Å²) < 4.78 is 0. The summed E-state index contributed by atoms with van der Waals surface area (Å²) in [5, 5.41) is 14.1. The molecule has 1 aromatic carbocycles. The van der Waals surface area contributed by atoms with Gasteiger partial charge >= 0.3 is 0 Å². The first kappa shape index (κ1) is 19.4. The van der Waals surface area contributed by atoms with E-state index < -0.39 is 0 Å². The summed E-state index contributed by atoms with van der Waals surface area (Å²) in [5.74, 6) is 0.197. The average molecular weight is 347 g/mol. The second-order valence-corrected chi connectivity index (χ2v) is 7.85. The highest BCUT2D eigenvalue weighted by Gasteiger charge is 2.27. The molecule has 1 aromatic rings. The number of nitro groups is 1. The van der Waals surface area contributed by atoms with Crippen LogP contribution in [0.25, 0.3) is 0 Å². The zero-order chi connectivity index (χ0) is 18.6. The van der Waals surface area contributed by atoms with E-state index in [-0.39, 0.29) is 28.0 Å². The molecule has 1 saturated heterocycles. The van der Waals surface area contributed by atoms with Gasteiger partial charge in [-0.2, -0.15) is 0 Å². The van der Waals surface area contributed by atoms with Gasteiger partial charge in [0.05, 0.1) is 4.92 Å². The summed E-state index contributed by atoms with van der Waals surface area (Å²) in [6.45, 7) is 10.4. The van der Waals surface area contributed by atoms with Crippen LogP contribution in [0.2, 0.25) is 0 Å². The van der Waals surface area contributed by atoms with Crippen LogP contribution >= 0.6 is 0 Å². The van der Waals surface area contributed by atoms with Crippen LogP contribution in [0.15, 0.2) is 18.2 Å². The quantitative estimate of drug-likeness (QED) is 0.655. The van der Waals surface area contributed by atoms with Crippen LogP contribution in [0, 0.1) is 16.0 Å². The van der Waals surface area contributed by atoms with Gasteiger partial charge in [0.1, 0.15) is 0 Å². The van der Waals surface area contributed by atoms with Gasteiger partial charge in [-0.25, -0.2) is 0 Å². The zero-order valence-electron chi connectivity index (χ0n) is 15.7. The van der Waals surface area contributed by atoms with Crippen LogP contribution in [0.5, 0.6) is 0 Å². The van der Waals surface area contributed by atoms with Crippen LogP contribution in [-0.2, 0) is 17.8 Å². The molecule has 0 aliphatic carbocycles. The molecule has 1 aliphatic rings. The molecule has 0 aromatic heterocycles. The topological polar surface area (TPSA) is 75.5 Å². The first-order valence-corrected chi connectivity index (χ1v) is 9.00. The third-order valence-corrected chi connectivity index (χ3v) is 4.63. The van der Waals surface area contributed by atoms with Crippen molar-refractivity contribution < 1.29 is 9.72 Å². The molecule has 2 rings (SSSR count). The Morgan fingerprint density at radius 1 is 1.28 bits per heavy atom. The smallest absolute Gasteiger partial charge is 0.269 e. The van der Waals surface area contributed by atoms with E-state index in [1.54, 1.807) is 12.1 Å². The Morgan fingerprint density at radius 2 is 1.92 bits per heavy atom. The maximum Gasteiger partial charge on any atom is 0.269 e. The first-order valence-electron chi connectivity index (χ1n) is 9.00. The molecular weight excluding hydrogens is 318 g/mol. The van der Waals surface area contributed by atoms with E-state index in [9.17, 15) is 14.9 Å². The van der Waals surface area contributed by atoms with Gasteiger partial charge in [-0.3, -0.25) is 19.8 Å². The predicted octanol–water partition coefficient (Wildman–Crippen LogP) is 3.28. The third kappa shape index (κ3) is 5.53. The van der Waals surface area contributed by atoms with Crippen molar-refractivity contribution in [1.29, 1.82) is 0 Å². The van der Waals surface area contributed by atoms with Gasteiger partial charge in [-0.15, -0.1) is 0 Å². The molecule has 6 heteroatoms. The van der Waals surface area contributed by atoms with Crippen molar-refractivity contribution >= 4 is 11.6 Å². The highest BCUT2D eigenvalue weighted by atomic mass is 16.6. The Kier molecular flexibility index (Phi) is 6.16. The second kappa shape index (κ2) is 7.95. The second-order valence-electron chi connectivity index (χ2n) is 7.85. The Balaban J connectivity index is 1.97. The Bertz CT molecular complexity index is 629. The van der Waals surface area contributed by atoms with Gasteiger partial charge < -0.3 is 5.32 Å². The highest BCUT2D eigenvalue weighted by molar-refractivity contribution is 5.79. The number of amides is 1. The lowest BCUT2D eigenvalue weighted by Gasteiger charge is -2.33. The summed E-state index contributed by atoms with van der Waals surface area (Å²) >= 11 is 0. The number of carbonyl (C=O) groups is 1. The van der Waals surface area contributed by atoms with E-state index >= 15 is 0 Å². The lowest BCUT2D eigenvalue weighted by atomic mass is 9.94. The fraction of sp³-hybridized carbons (Fsp3) is 0.632. The average Bonchev–Trinajstić information content (AvgIpc) is 2.53. The largest absolute Gasteiger partial charge is 0.351 e. The molecule has 25 heavy (non-hydrogen) atoms. The van der Waals surface area contributed by atoms with E-state index in [2.05, 4.69) is 17.1 Å². The summed E-state index contributed by atoms with van der Waals surface area (Å²) in [6, 6.07) is 5.12. The minimum atomic E-state index is -0.341. The van der Waals surface area contributed by atoms with Crippen molar-refractivity contribution in [2.75, 3.05) is 13.1 Å². The monoisotopic (exact) mass is 347 g/mol. The van der Waals surface area contributed by atoms with Crippen molar-refractivity contribution in [2.45, 2.75) is 59.0 Å². The standard InChI is InChI=1S/C19H29N3O3/c1-5-14-6-7-17(22(24)25)12-16(14)13-21-10-8-15(9-11-21)18(23)20-19(2,3)4/h6-7,12,15H,5,8-11,13H2,1-4H3,(H,20,23). The Hall–Kier alpha value is -1.95. The molecule has 1 N–H and O–H groups in total. The number of likely N-dealkylation sites (tertiary alicyclic amines) is 1. The minimum Gasteiger partial charge on any atom is -0.351 e. The molecule has 1 amide bonds. The number of nitro benzene ring substituents is 1. The molecule has 6 nitrogen and oxygen atoms in total. The fourth-order valence-electron chi connectivity index (χ4n) is 3.28. The summed E-state index contributed by atoms with van der Waals surface area (Å²) in [5.41, 5.74) is 2.12. The summed E-state index contributed by atoms with van der Waals surface area (Å²) in [4.78, 5) is 25.3. The highest BCUT2D eigenvalue weighted by Crippen LogP contribution is 2.24. The van der Waals surface area contributed by atoms with Gasteiger partial charge in [-0.05, 0) is 64.3 Å². The molecule has 0 saturated carbocycles. The third-order valence-electron chi connectivity index (χ3n) is 4.63. The zero-order valence-corrected chi connectivity index (χ0v) is 15.7. The number of benzene rings is 1. The number of hydrogen-bond donors (Lipinski definition) is 1. The Labute approximate surface area is 149 Å².